The third kappa shape index (κ3) is 3.70. The highest BCUT2D eigenvalue weighted by Crippen LogP contribution is 2.21. The lowest BCUT2D eigenvalue weighted by Crippen LogP contribution is -2.27. The molecule has 0 fully saturated rings. The summed E-state index contributed by atoms with van der Waals surface area (Å²) in [7, 11) is 0. The molecule has 0 saturated carbocycles. The zero-order chi connectivity index (χ0) is 18.7. The first-order valence-corrected chi connectivity index (χ1v) is 8.66. The van der Waals surface area contributed by atoms with Crippen molar-refractivity contribution in [1.82, 2.24) is 4.57 Å². The Bertz CT molecular complexity index is 1010. The Morgan fingerprint density at radius 3 is 2.38 bits per heavy atom. The van der Waals surface area contributed by atoms with E-state index in [0.29, 0.717) is 22.9 Å². The maximum atomic E-state index is 12.7. The Labute approximate surface area is 157 Å². The molecule has 0 bridgehead atoms. The van der Waals surface area contributed by atoms with Crippen LogP contribution in [0.5, 0.6) is 0 Å². The molecule has 1 heterocycles. The summed E-state index contributed by atoms with van der Waals surface area (Å²) in [5.41, 5.74) is 2.85. The van der Waals surface area contributed by atoms with Crippen LogP contribution < -0.4 is 10.7 Å². The van der Waals surface area contributed by atoms with Crippen molar-refractivity contribution >= 4 is 23.2 Å². The number of benzene rings is 2. The molecule has 1 N–H and O–H groups in total. The van der Waals surface area contributed by atoms with Crippen molar-refractivity contribution in [2.75, 3.05) is 5.32 Å². The Balaban J connectivity index is 1.99. The summed E-state index contributed by atoms with van der Waals surface area (Å²) in [4.78, 5) is 25.2. The van der Waals surface area contributed by atoms with Gasteiger partial charge < -0.3 is 9.88 Å². The Kier molecular flexibility index (Phi) is 5.24. The monoisotopic (exact) mass is 366 g/mol. The fourth-order valence-corrected chi connectivity index (χ4v) is 3.13. The van der Waals surface area contributed by atoms with Gasteiger partial charge in [-0.3, -0.25) is 9.59 Å². The van der Waals surface area contributed by atoms with Crippen molar-refractivity contribution in [3.8, 4) is 0 Å². The van der Waals surface area contributed by atoms with Gasteiger partial charge in [-0.05, 0) is 31.5 Å². The molecule has 4 nitrogen and oxygen atoms in total. The van der Waals surface area contributed by atoms with E-state index >= 15 is 0 Å². The van der Waals surface area contributed by atoms with Gasteiger partial charge in [0.15, 0.2) is 5.43 Å². The number of nitrogens with one attached hydrogen (secondary N) is 1. The van der Waals surface area contributed by atoms with Gasteiger partial charge >= 0.3 is 0 Å². The van der Waals surface area contributed by atoms with Gasteiger partial charge in [-0.25, -0.2) is 0 Å². The van der Waals surface area contributed by atoms with Crippen molar-refractivity contribution in [3.05, 3.63) is 98.4 Å². The van der Waals surface area contributed by atoms with Crippen LogP contribution in [0.2, 0.25) is 5.02 Å². The maximum absolute atomic E-state index is 12.7. The predicted molar refractivity (Wildman–Crippen MR) is 105 cm³/mol. The number of rotatable bonds is 4. The standard InChI is InChI=1S/C21H19ClN2O2/c1-14-12-19(25)20(21(26)23-18-11-7-6-10-17(18)22)15(2)24(14)13-16-8-4-3-5-9-16/h3-12H,13H2,1-2H3,(H,23,26). The number of carbonyl (C=O) groups excluding carboxylic acids is 1. The van der Waals surface area contributed by atoms with E-state index in [-0.39, 0.29) is 11.0 Å². The average Bonchev–Trinajstić information content (AvgIpc) is 2.61. The Morgan fingerprint density at radius 2 is 1.69 bits per heavy atom. The van der Waals surface area contributed by atoms with Crippen molar-refractivity contribution < 1.29 is 4.79 Å². The molecule has 0 aliphatic carbocycles. The molecule has 26 heavy (non-hydrogen) atoms. The molecule has 0 spiro atoms. The third-order valence-electron chi connectivity index (χ3n) is 4.31. The summed E-state index contributed by atoms with van der Waals surface area (Å²) >= 11 is 6.10. The van der Waals surface area contributed by atoms with Crippen LogP contribution in [0.4, 0.5) is 5.69 Å². The quantitative estimate of drug-likeness (QED) is 0.743. The van der Waals surface area contributed by atoms with Gasteiger partial charge in [0.2, 0.25) is 0 Å². The van der Waals surface area contributed by atoms with Gasteiger partial charge in [0, 0.05) is 24.0 Å². The molecule has 0 aliphatic heterocycles. The minimum Gasteiger partial charge on any atom is -0.344 e. The summed E-state index contributed by atoms with van der Waals surface area (Å²) in [6.45, 7) is 4.25. The van der Waals surface area contributed by atoms with E-state index in [1.54, 1.807) is 31.2 Å². The summed E-state index contributed by atoms with van der Waals surface area (Å²) in [6, 6.07) is 18.4. The molecular formula is C21H19ClN2O2. The molecule has 0 radical (unpaired) electrons. The summed E-state index contributed by atoms with van der Waals surface area (Å²) in [5.74, 6) is -0.456. The van der Waals surface area contributed by atoms with Crippen molar-refractivity contribution in [2.24, 2.45) is 0 Å². The average molecular weight is 367 g/mol. The van der Waals surface area contributed by atoms with E-state index in [1.807, 2.05) is 41.8 Å². The Morgan fingerprint density at radius 1 is 1.04 bits per heavy atom. The molecule has 0 aliphatic rings. The van der Waals surface area contributed by atoms with Gasteiger partial charge in [0.25, 0.3) is 5.91 Å². The molecule has 1 amide bonds. The van der Waals surface area contributed by atoms with Crippen LogP contribution in [0.3, 0.4) is 0 Å². The van der Waals surface area contributed by atoms with Crippen LogP contribution >= 0.6 is 11.6 Å². The second-order valence-electron chi connectivity index (χ2n) is 6.12. The Hall–Kier alpha value is -2.85. The van der Waals surface area contributed by atoms with Crippen molar-refractivity contribution in [3.63, 3.8) is 0 Å². The number of hydrogen-bond acceptors (Lipinski definition) is 2. The molecule has 3 rings (SSSR count). The molecule has 0 unspecified atom stereocenters. The first-order chi connectivity index (χ1) is 12.5. The van der Waals surface area contributed by atoms with Gasteiger partial charge in [-0.1, -0.05) is 54.1 Å². The normalized spacial score (nSPS) is 10.6. The van der Waals surface area contributed by atoms with Crippen molar-refractivity contribution in [2.45, 2.75) is 20.4 Å². The lowest BCUT2D eigenvalue weighted by Gasteiger charge is -2.18. The molecule has 2 aromatic carbocycles. The van der Waals surface area contributed by atoms with Crippen LogP contribution in [-0.4, -0.2) is 10.5 Å². The van der Waals surface area contributed by atoms with Crippen LogP contribution in [0.1, 0.15) is 27.3 Å². The highest BCUT2D eigenvalue weighted by atomic mass is 35.5. The second kappa shape index (κ2) is 7.58. The van der Waals surface area contributed by atoms with E-state index in [0.717, 1.165) is 11.3 Å². The topological polar surface area (TPSA) is 51.1 Å². The van der Waals surface area contributed by atoms with Crippen LogP contribution in [-0.2, 0) is 6.54 Å². The smallest absolute Gasteiger partial charge is 0.261 e. The molecule has 0 saturated heterocycles. The van der Waals surface area contributed by atoms with E-state index in [9.17, 15) is 9.59 Å². The van der Waals surface area contributed by atoms with Crippen LogP contribution in [0.15, 0.2) is 65.5 Å². The van der Waals surface area contributed by atoms with E-state index in [2.05, 4.69) is 5.32 Å². The summed E-state index contributed by atoms with van der Waals surface area (Å²) in [5, 5.41) is 3.16. The number of aryl methyl sites for hydroxylation is 1. The van der Waals surface area contributed by atoms with E-state index in [4.69, 9.17) is 11.6 Å². The highest BCUT2D eigenvalue weighted by Gasteiger charge is 2.18. The number of nitrogens with zero attached hydrogens (tertiary/aromatic N) is 1. The number of pyridine rings is 1. The third-order valence-corrected chi connectivity index (χ3v) is 4.64. The number of anilines is 1. The molecule has 0 atom stereocenters. The summed E-state index contributed by atoms with van der Waals surface area (Å²) in [6.07, 6.45) is 0. The number of para-hydroxylation sites is 1. The number of hydrogen-bond donors (Lipinski definition) is 1. The minimum absolute atomic E-state index is 0.131. The molecule has 1 aromatic heterocycles. The highest BCUT2D eigenvalue weighted by molar-refractivity contribution is 6.33. The zero-order valence-electron chi connectivity index (χ0n) is 14.6. The molecular weight excluding hydrogens is 348 g/mol. The van der Waals surface area contributed by atoms with Gasteiger partial charge in [-0.2, -0.15) is 0 Å². The van der Waals surface area contributed by atoms with E-state index in [1.165, 1.54) is 6.07 Å². The fraction of sp³-hybridized carbons (Fsp3) is 0.143. The van der Waals surface area contributed by atoms with Crippen molar-refractivity contribution in [1.29, 1.82) is 0 Å². The lowest BCUT2D eigenvalue weighted by atomic mass is 10.1. The summed E-state index contributed by atoms with van der Waals surface area (Å²) < 4.78 is 1.97. The number of carbonyl (C=O) groups is 1. The second-order valence-corrected chi connectivity index (χ2v) is 6.52. The lowest BCUT2D eigenvalue weighted by molar-refractivity contribution is 0.102. The van der Waals surface area contributed by atoms with Gasteiger partial charge in [0.1, 0.15) is 5.56 Å². The molecule has 132 valence electrons. The van der Waals surface area contributed by atoms with Crippen LogP contribution in [0.25, 0.3) is 0 Å². The fourth-order valence-electron chi connectivity index (χ4n) is 2.95. The minimum atomic E-state index is -0.456. The number of aromatic nitrogens is 1. The molecule has 5 heteroatoms. The van der Waals surface area contributed by atoms with Gasteiger partial charge in [0.05, 0.1) is 10.7 Å². The number of halogens is 1. The SMILES string of the molecule is Cc1cc(=O)c(C(=O)Nc2ccccc2Cl)c(C)n1Cc1ccccc1. The maximum Gasteiger partial charge on any atom is 0.261 e. The predicted octanol–water partition coefficient (Wildman–Crippen LogP) is 4.42. The first kappa shape index (κ1) is 18.0. The van der Waals surface area contributed by atoms with E-state index < -0.39 is 5.91 Å². The number of amides is 1. The zero-order valence-corrected chi connectivity index (χ0v) is 15.4. The largest absolute Gasteiger partial charge is 0.344 e. The van der Waals surface area contributed by atoms with Gasteiger partial charge in [-0.15, -0.1) is 0 Å². The molecule has 3 aromatic rings. The first-order valence-electron chi connectivity index (χ1n) is 8.28. The van der Waals surface area contributed by atoms with Crippen LogP contribution in [0, 0.1) is 13.8 Å².